The number of rotatable bonds is 3. The molecule has 0 aliphatic carbocycles. The zero-order valence-electron chi connectivity index (χ0n) is 11.3. The standard InChI is InChI=1S/C14H14F5NO2/c15-13(16)5-6-20-12(10(13)7-11(21)22)8-1-3-9(4-2-8)14(17,18)19/h1-4,10,12,20H,5-7H2,(H,21,22)/t10-,12-/m1/s1. The van der Waals surface area contributed by atoms with E-state index in [0.717, 1.165) is 24.3 Å². The molecule has 0 spiro atoms. The molecule has 1 saturated heterocycles. The van der Waals surface area contributed by atoms with Crippen molar-refractivity contribution in [3.63, 3.8) is 0 Å². The summed E-state index contributed by atoms with van der Waals surface area (Å²) in [5, 5.41) is 11.6. The number of carbonyl (C=O) groups is 1. The predicted octanol–water partition coefficient (Wildman–Crippen LogP) is 3.47. The summed E-state index contributed by atoms with van der Waals surface area (Å²) in [4.78, 5) is 10.8. The lowest BCUT2D eigenvalue weighted by molar-refractivity contribution is -0.148. The number of carboxylic acid groups (broad SMARTS) is 1. The number of benzene rings is 1. The third-order valence-corrected chi connectivity index (χ3v) is 3.76. The van der Waals surface area contributed by atoms with Crippen molar-refractivity contribution in [2.24, 2.45) is 5.92 Å². The zero-order valence-corrected chi connectivity index (χ0v) is 11.3. The molecule has 3 nitrogen and oxygen atoms in total. The highest BCUT2D eigenvalue weighted by Crippen LogP contribution is 2.42. The molecule has 1 aromatic carbocycles. The van der Waals surface area contributed by atoms with Gasteiger partial charge in [-0.05, 0) is 17.7 Å². The van der Waals surface area contributed by atoms with Gasteiger partial charge in [-0.2, -0.15) is 13.2 Å². The number of carboxylic acids is 1. The highest BCUT2D eigenvalue weighted by atomic mass is 19.4. The van der Waals surface area contributed by atoms with Crippen LogP contribution in [0, 0.1) is 5.92 Å². The van der Waals surface area contributed by atoms with Crippen LogP contribution in [0.25, 0.3) is 0 Å². The van der Waals surface area contributed by atoms with E-state index in [1.807, 2.05) is 0 Å². The van der Waals surface area contributed by atoms with E-state index in [1.165, 1.54) is 0 Å². The third kappa shape index (κ3) is 3.55. The second kappa shape index (κ2) is 5.83. The van der Waals surface area contributed by atoms with Gasteiger partial charge in [0.25, 0.3) is 5.92 Å². The summed E-state index contributed by atoms with van der Waals surface area (Å²) in [6.07, 6.45) is -5.77. The summed E-state index contributed by atoms with van der Waals surface area (Å²) in [7, 11) is 0. The molecule has 2 rings (SSSR count). The maximum Gasteiger partial charge on any atom is 0.416 e. The van der Waals surface area contributed by atoms with E-state index < -0.39 is 48.4 Å². The largest absolute Gasteiger partial charge is 0.481 e. The van der Waals surface area contributed by atoms with Crippen molar-refractivity contribution in [2.45, 2.75) is 31.0 Å². The molecule has 2 N–H and O–H groups in total. The molecule has 0 radical (unpaired) electrons. The van der Waals surface area contributed by atoms with Crippen LogP contribution in [0.5, 0.6) is 0 Å². The summed E-state index contributed by atoms with van der Waals surface area (Å²) in [6.45, 7) is -0.0329. The summed E-state index contributed by atoms with van der Waals surface area (Å²) < 4.78 is 65.5. The molecule has 0 bridgehead atoms. The van der Waals surface area contributed by atoms with Crippen molar-refractivity contribution in [1.29, 1.82) is 0 Å². The second-order valence-electron chi connectivity index (χ2n) is 5.27. The molecule has 0 amide bonds. The first-order chi connectivity index (χ1) is 10.1. The van der Waals surface area contributed by atoms with Crippen LogP contribution in [-0.2, 0) is 11.0 Å². The van der Waals surface area contributed by atoms with Crippen LogP contribution in [0.2, 0.25) is 0 Å². The maximum atomic E-state index is 14.0. The van der Waals surface area contributed by atoms with Crippen LogP contribution in [0.15, 0.2) is 24.3 Å². The average molecular weight is 323 g/mol. The topological polar surface area (TPSA) is 49.3 Å². The number of piperidine rings is 1. The zero-order chi connectivity index (χ0) is 16.5. The van der Waals surface area contributed by atoms with Gasteiger partial charge < -0.3 is 10.4 Å². The van der Waals surface area contributed by atoms with Crippen LogP contribution < -0.4 is 5.32 Å². The Morgan fingerprint density at radius 2 is 1.86 bits per heavy atom. The number of halogens is 5. The Morgan fingerprint density at radius 3 is 2.36 bits per heavy atom. The van der Waals surface area contributed by atoms with Crippen molar-refractivity contribution >= 4 is 5.97 Å². The van der Waals surface area contributed by atoms with Crippen molar-refractivity contribution in [3.8, 4) is 0 Å². The first-order valence-corrected chi connectivity index (χ1v) is 6.61. The SMILES string of the molecule is O=C(O)C[C@@H]1[C@@H](c2ccc(C(F)(F)F)cc2)NCCC1(F)F. The van der Waals surface area contributed by atoms with Crippen LogP contribution in [0.1, 0.15) is 30.0 Å². The highest BCUT2D eigenvalue weighted by Gasteiger charge is 2.48. The maximum absolute atomic E-state index is 14.0. The molecule has 1 fully saturated rings. The summed E-state index contributed by atoms with van der Waals surface area (Å²) in [6, 6.07) is 2.83. The van der Waals surface area contributed by atoms with Gasteiger partial charge in [-0.3, -0.25) is 4.79 Å². The molecule has 1 heterocycles. The van der Waals surface area contributed by atoms with Crippen LogP contribution in [0.4, 0.5) is 22.0 Å². The van der Waals surface area contributed by atoms with E-state index >= 15 is 0 Å². The first kappa shape index (κ1) is 16.7. The van der Waals surface area contributed by atoms with Gasteiger partial charge in [0, 0.05) is 19.0 Å². The molecule has 122 valence electrons. The lowest BCUT2D eigenvalue weighted by Crippen LogP contribution is -2.47. The van der Waals surface area contributed by atoms with Crippen molar-refractivity contribution in [1.82, 2.24) is 5.32 Å². The minimum Gasteiger partial charge on any atom is -0.481 e. The van der Waals surface area contributed by atoms with E-state index in [-0.39, 0.29) is 12.1 Å². The lowest BCUT2D eigenvalue weighted by Gasteiger charge is -2.38. The van der Waals surface area contributed by atoms with Gasteiger partial charge in [0.15, 0.2) is 0 Å². The molecule has 0 aromatic heterocycles. The number of nitrogens with one attached hydrogen (secondary N) is 1. The lowest BCUT2D eigenvalue weighted by atomic mass is 9.81. The Balaban J connectivity index is 2.30. The van der Waals surface area contributed by atoms with Gasteiger partial charge in [0.1, 0.15) is 0 Å². The Kier molecular flexibility index (Phi) is 4.42. The summed E-state index contributed by atoms with van der Waals surface area (Å²) in [5.74, 6) is -6.06. The Hall–Kier alpha value is -1.70. The van der Waals surface area contributed by atoms with Gasteiger partial charge >= 0.3 is 12.1 Å². The van der Waals surface area contributed by atoms with Gasteiger partial charge in [-0.25, -0.2) is 8.78 Å². The first-order valence-electron chi connectivity index (χ1n) is 6.61. The second-order valence-corrected chi connectivity index (χ2v) is 5.27. The number of aliphatic carboxylic acids is 1. The van der Waals surface area contributed by atoms with E-state index in [2.05, 4.69) is 5.32 Å². The van der Waals surface area contributed by atoms with Crippen molar-refractivity contribution in [2.75, 3.05) is 6.54 Å². The number of hydrogen-bond acceptors (Lipinski definition) is 2. The van der Waals surface area contributed by atoms with Crippen LogP contribution in [-0.4, -0.2) is 23.5 Å². The minimum atomic E-state index is -4.51. The third-order valence-electron chi connectivity index (χ3n) is 3.76. The molecule has 0 unspecified atom stereocenters. The van der Waals surface area contributed by atoms with E-state index in [9.17, 15) is 26.7 Å². The molecule has 8 heteroatoms. The fraction of sp³-hybridized carbons (Fsp3) is 0.500. The summed E-state index contributed by atoms with van der Waals surface area (Å²) in [5.41, 5.74) is -0.660. The Morgan fingerprint density at radius 1 is 1.27 bits per heavy atom. The van der Waals surface area contributed by atoms with E-state index in [4.69, 9.17) is 5.11 Å². The molecule has 1 aliphatic heterocycles. The van der Waals surface area contributed by atoms with Crippen molar-refractivity contribution < 1.29 is 31.9 Å². The Labute approximate surface area is 123 Å². The monoisotopic (exact) mass is 323 g/mol. The Bertz CT molecular complexity index is 541. The van der Waals surface area contributed by atoms with Gasteiger partial charge in [-0.1, -0.05) is 12.1 Å². The molecule has 2 atom stereocenters. The molecule has 22 heavy (non-hydrogen) atoms. The fourth-order valence-corrected chi connectivity index (χ4v) is 2.65. The van der Waals surface area contributed by atoms with Gasteiger partial charge in [-0.15, -0.1) is 0 Å². The number of hydrogen-bond donors (Lipinski definition) is 2. The van der Waals surface area contributed by atoms with Gasteiger partial charge in [0.2, 0.25) is 0 Å². The normalized spacial score (nSPS) is 25.0. The molecule has 0 saturated carbocycles. The van der Waals surface area contributed by atoms with E-state index in [0.29, 0.717) is 0 Å². The van der Waals surface area contributed by atoms with Crippen LogP contribution >= 0.6 is 0 Å². The fourth-order valence-electron chi connectivity index (χ4n) is 2.65. The van der Waals surface area contributed by atoms with Gasteiger partial charge in [0.05, 0.1) is 17.9 Å². The van der Waals surface area contributed by atoms with Crippen molar-refractivity contribution in [3.05, 3.63) is 35.4 Å². The minimum absolute atomic E-state index is 0.0329. The summed E-state index contributed by atoms with van der Waals surface area (Å²) >= 11 is 0. The molecular weight excluding hydrogens is 309 g/mol. The molecule has 1 aromatic rings. The highest BCUT2D eigenvalue weighted by molar-refractivity contribution is 5.67. The smallest absolute Gasteiger partial charge is 0.416 e. The average Bonchev–Trinajstić information content (AvgIpc) is 2.39. The number of alkyl halides is 5. The predicted molar refractivity (Wildman–Crippen MR) is 67.5 cm³/mol. The van der Waals surface area contributed by atoms with E-state index in [1.54, 1.807) is 0 Å². The quantitative estimate of drug-likeness (QED) is 0.838. The van der Waals surface area contributed by atoms with Crippen LogP contribution in [0.3, 0.4) is 0 Å². The molecule has 1 aliphatic rings. The molecular formula is C14H14F5NO2.